The van der Waals surface area contributed by atoms with Crippen molar-refractivity contribution in [3.63, 3.8) is 0 Å². The number of rotatable bonds is 5. The fraction of sp³-hybridized carbons (Fsp3) is 0.350. The zero-order chi connectivity index (χ0) is 17.2. The first-order valence-corrected chi connectivity index (χ1v) is 8.66. The summed E-state index contributed by atoms with van der Waals surface area (Å²) in [6, 6.07) is 15.0. The van der Waals surface area contributed by atoms with Gasteiger partial charge in [-0.05, 0) is 67.4 Å². The maximum atomic E-state index is 12.4. The van der Waals surface area contributed by atoms with Crippen LogP contribution in [0.3, 0.4) is 0 Å². The molecule has 2 unspecified atom stereocenters. The molecule has 2 fully saturated rings. The molecule has 0 spiro atoms. The van der Waals surface area contributed by atoms with Gasteiger partial charge in [-0.3, -0.25) is 4.79 Å². The van der Waals surface area contributed by atoms with Crippen molar-refractivity contribution in [2.24, 2.45) is 5.92 Å². The first kappa shape index (κ1) is 16.0. The summed E-state index contributed by atoms with van der Waals surface area (Å²) in [4.78, 5) is 14.9. The van der Waals surface area contributed by atoms with Crippen molar-refractivity contribution in [2.75, 3.05) is 26.7 Å². The zero-order valence-electron chi connectivity index (χ0n) is 14.3. The van der Waals surface area contributed by atoms with Gasteiger partial charge in [0.2, 0.25) is 0 Å². The first-order chi connectivity index (χ1) is 12.2. The van der Waals surface area contributed by atoms with Crippen LogP contribution in [0.5, 0.6) is 17.2 Å². The molecule has 1 N–H and O–H groups in total. The van der Waals surface area contributed by atoms with Gasteiger partial charge in [0.15, 0.2) is 0 Å². The topological polar surface area (TPSA) is 50.8 Å². The minimum atomic E-state index is -0.00486. The molecule has 0 saturated carbocycles. The summed E-state index contributed by atoms with van der Waals surface area (Å²) < 4.78 is 10.9. The molecule has 0 aromatic heterocycles. The number of hydrogen-bond donors (Lipinski definition) is 1. The second-order valence-electron chi connectivity index (χ2n) is 6.69. The molecule has 0 radical (unpaired) electrons. The van der Waals surface area contributed by atoms with Crippen LogP contribution in [0.4, 0.5) is 0 Å². The molecule has 3 atom stereocenters. The number of ether oxygens (including phenoxy) is 2. The van der Waals surface area contributed by atoms with Crippen LogP contribution >= 0.6 is 0 Å². The molecule has 130 valence electrons. The van der Waals surface area contributed by atoms with Gasteiger partial charge >= 0.3 is 0 Å². The molecule has 5 nitrogen and oxygen atoms in total. The second-order valence-corrected chi connectivity index (χ2v) is 6.69. The summed E-state index contributed by atoms with van der Waals surface area (Å²) in [5, 5.41) is 3.17. The molecule has 2 aliphatic rings. The fourth-order valence-electron chi connectivity index (χ4n) is 3.65. The van der Waals surface area contributed by atoms with Gasteiger partial charge in [-0.25, -0.2) is 0 Å². The van der Waals surface area contributed by atoms with Crippen LogP contribution in [0.2, 0.25) is 0 Å². The van der Waals surface area contributed by atoms with E-state index < -0.39 is 0 Å². The van der Waals surface area contributed by atoms with E-state index in [2.05, 4.69) is 10.2 Å². The van der Waals surface area contributed by atoms with Crippen LogP contribution in [0.25, 0.3) is 0 Å². The Morgan fingerprint density at radius 1 is 1.00 bits per heavy atom. The summed E-state index contributed by atoms with van der Waals surface area (Å²) in [6.45, 7) is 3.28. The predicted octanol–water partition coefficient (Wildman–Crippen LogP) is 2.92. The number of methoxy groups -OCH3 is 1. The Hall–Kier alpha value is -2.53. The van der Waals surface area contributed by atoms with Gasteiger partial charge in [-0.2, -0.15) is 0 Å². The summed E-state index contributed by atoms with van der Waals surface area (Å²) in [5.41, 5.74) is 0.667. The van der Waals surface area contributed by atoms with Gasteiger partial charge in [-0.1, -0.05) is 0 Å². The molecule has 4 rings (SSSR count). The third-order valence-electron chi connectivity index (χ3n) is 5.06. The SMILES string of the molecule is COc1ccc(Oc2ccc(C(=O)NC3CN4CC[C@H]3C4)cc2)cc1. The van der Waals surface area contributed by atoms with Crippen LogP contribution < -0.4 is 14.8 Å². The highest BCUT2D eigenvalue weighted by atomic mass is 16.5. The number of amides is 1. The highest BCUT2D eigenvalue weighted by Gasteiger charge is 2.38. The quantitative estimate of drug-likeness (QED) is 0.911. The van der Waals surface area contributed by atoms with E-state index in [0.717, 1.165) is 24.6 Å². The lowest BCUT2D eigenvalue weighted by molar-refractivity contribution is 0.0924. The lowest BCUT2D eigenvalue weighted by Gasteiger charge is -2.23. The third-order valence-corrected chi connectivity index (χ3v) is 5.06. The van der Waals surface area contributed by atoms with Crippen molar-refractivity contribution < 1.29 is 14.3 Å². The Kier molecular flexibility index (Phi) is 4.32. The molecule has 2 heterocycles. The van der Waals surface area contributed by atoms with Crippen molar-refractivity contribution >= 4 is 5.91 Å². The van der Waals surface area contributed by atoms with E-state index in [0.29, 0.717) is 17.2 Å². The monoisotopic (exact) mass is 338 g/mol. The first-order valence-electron chi connectivity index (χ1n) is 8.66. The highest BCUT2D eigenvalue weighted by molar-refractivity contribution is 5.94. The van der Waals surface area contributed by atoms with Gasteiger partial charge in [0.1, 0.15) is 17.2 Å². The van der Waals surface area contributed by atoms with Crippen molar-refractivity contribution in [1.29, 1.82) is 0 Å². The Morgan fingerprint density at radius 3 is 2.20 bits per heavy atom. The normalized spacial score (nSPS) is 24.1. The molecular weight excluding hydrogens is 316 g/mol. The average molecular weight is 338 g/mol. The largest absolute Gasteiger partial charge is 0.497 e. The van der Waals surface area contributed by atoms with Gasteiger partial charge in [-0.15, -0.1) is 0 Å². The van der Waals surface area contributed by atoms with Gasteiger partial charge < -0.3 is 19.7 Å². The highest BCUT2D eigenvalue weighted by Crippen LogP contribution is 2.28. The van der Waals surface area contributed by atoms with Gasteiger partial charge in [0.05, 0.1) is 7.11 Å². The van der Waals surface area contributed by atoms with E-state index in [4.69, 9.17) is 9.47 Å². The van der Waals surface area contributed by atoms with Gasteiger partial charge in [0.25, 0.3) is 5.91 Å². The van der Waals surface area contributed by atoms with Gasteiger partial charge in [0, 0.05) is 24.7 Å². The number of piperidine rings is 1. The second kappa shape index (κ2) is 6.76. The average Bonchev–Trinajstić information content (AvgIpc) is 3.26. The Morgan fingerprint density at radius 2 is 1.64 bits per heavy atom. The van der Waals surface area contributed by atoms with Crippen LogP contribution in [-0.2, 0) is 0 Å². The Labute approximate surface area is 147 Å². The third kappa shape index (κ3) is 3.46. The molecule has 2 aromatic carbocycles. The summed E-state index contributed by atoms with van der Waals surface area (Å²) >= 11 is 0. The van der Waals surface area contributed by atoms with Crippen molar-refractivity contribution in [1.82, 2.24) is 10.2 Å². The summed E-state index contributed by atoms with van der Waals surface area (Å²) in [6.07, 6.45) is 1.19. The molecular formula is C20H22N2O3. The molecule has 25 heavy (non-hydrogen) atoms. The van der Waals surface area contributed by atoms with E-state index in [1.54, 1.807) is 7.11 Å². The number of carbonyl (C=O) groups excluding carboxylic acids is 1. The number of nitrogens with one attached hydrogen (secondary N) is 1. The van der Waals surface area contributed by atoms with Crippen LogP contribution in [0.1, 0.15) is 16.8 Å². The predicted molar refractivity (Wildman–Crippen MR) is 95.3 cm³/mol. The van der Waals surface area contributed by atoms with E-state index in [9.17, 15) is 4.79 Å². The van der Waals surface area contributed by atoms with Crippen LogP contribution in [0.15, 0.2) is 48.5 Å². The molecule has 2 bridgehead atoms. The number of benzene rings is 2. The maximum Gasteiger partial charge on any atom is 0.251 e. The van der Waals surface area contributed by atoms with E-state index in [1.165, 1.54) is 13.0 Å². The lowest BCUT2D eigenvalue weighted by atomic mass is 9.99. The number of nitrogens with zero attached hydrogens (tertiary/aromatic N) is 1. The van der Waals surface area contributed by atoms with Crippen LogP contribution in [0, 0.1) is 5.92 Å². The van der Waals surface area contributed by atoms with E-state index in [1.807, 2.05) is 48.5 Å². The summed E-state index contributed by atoms with van der Waals surface area (Å²) in [7, 11) is 1.63. The minimum absolute atomic E-state index is 0.00486. The van der Waals surface area contributed by atoms with E-state index >= 15 is 0 Å². The van der Waals surface area contributed by atoms with Crippen LogP contribution in [-0.4, -0.2) is 43.6 Å². The minimum Gasteiger partial charge on any atom is -0.497 e. The number of hydrogen-bond acceptors (Lipinski definition) is 4. The van der Waals surface area contributed by atoms with Crippen molar-refractivity contribution in [3.8, 4) is 17.2 Å². The standard InChI is InChI=1S/C20H22N2O3/c1-24-16-6-8-18(9-7-16)25-17-4-2-14(3-5-17)20(23)21-19-13-22-11-10-15(19)12-22/h2-9,15,19H,10-13H2,1H3,(H,21,23)/t15-,19?/m0/s1. The van der Waals surface area contributed by atoms with Crippen molar-refractivity contribution in [3.05, 3.63) is 54.1 Å². The lowest BCUT2D eigenvalue weighted by Crippen LogP contribution is -2.43. The van der Waals surface area contributed by atoms with E-state index in [-0.39, 0.29) is 11.9 Å². The molecule has 5 heteroatoms. The molecule has 2 saturated heterocycles. The zero-order valence-corrected chi connectivity index (χ0v) is 14.3. The molecule has 2 aromatic rings. The molecule has 2 aliphatic heterocycles. The molecule has 0 aliphatic carbocycles. The number of carbonyl (C=O) groups is 1. The molecule has 1 amide bonds. The summed E-state index contributed by atoms with van der Waals surface area (Å²) in [5.74, 6) is 2.83. The Balaban J connectivity index is 1.36. The Bertz CT molecular complexity index is 743. The number of fused-ring (bicyclic) bond motifs is 2. The fourth-order valence-corrected chi connectivity index (χ4v) is 3.65. The maximum absolute atomic E-state index is 12.4. The smallest absolute Gasteiger partial charge is 0.251 e. The van der Waals surface area contributed by atoms with Crippen molar-refractivity contribution in [2.45, 2.75) is 12.5 Å².